The summed E-state index contributed by atoms with van der Waals surface area (Å²) in [6.07, 6.45) is 0. The molecule has 3 rings (SSSR count). The van der Waals surface area contributed by atoms with E-state index in [1.807, 2.05) is 49.4 Å². The number of nitrogens with one attached hydrogen (secondary N) is 1. The Hall–Kier alpha value is -2.40. The monoisotopic (exact) mass is 370 g/mol. The van der Waals surface area contributed by atoms with Crippen LogP contribution < -0.4 is 5.32 Å². The summed E-state index contributed by atoms with van der Waals surface area (Å²) in [6, 6.07) is 17.1. The zero-order valence-corrected chi connectivity index (χ0v) is 14.1. The number of hydrogen-bond acceptors (Lipinski definition) is 3. The first-order valence-corrected chi connectivity index (χ1v) is 7.97. The van der Waals surface area contributed by atoms with E-state index in [1.54, 1.807) is 12.1 Å². The molecule has 3 aromatic rings. The van der Waals surface area contributed by atoms with Crippen molar-refractivity contribution in [3.05, 3.63) is 75.9 Å². The number of amides is 1. The largest absolute Gasteiger partial charge is 0.356 e. The predicted molar refractivity (Wildman–Crippen MR) is 92.0 cm³/mol. The summed E-state index contributed by atoms with van der Waals surface area (Å²) >= 11 is 3.35. The van der Waals surface area contributed by atoms with Gasteiger partial charge in [0.2, 0.25) is 0 Å². The van der Waals surface area contributed by atoms with E-state index in [-0.39, 0.29) is 5.91 Å². The van der Waals surface area contributed by atoms with E-state index in [9.17, 15) is 4.79 Å². The second-order valence-corrected chi connectivity index (χ2v) is 6.16. The molecule has 0 fully saturated rings. The molecule has 1 N–H and O–H groups in total. The lowest BCUT2D eigenvalue weighted by molar-refractivity contribution is 0.0950. The minimum Gasteiger partial charge on any atom is -0.356 e. The van der Waals surface area contributed by atoms with Gasteiger partial charge in [-0.15, -0.1) is 0 Å². The maximum atomic E-state index is 12.1. The molecule has 116 valence electrons. The average molecular weight is 371 g/mol. The van der Waals surface area contributed by atoms with Crippen LogP contribution in [0.25, 0.3) is 11.3 Å². The first-order chi connectivity index (χ1) is 11.1. The number of carbonyl (C=O) groups excluding carboxylic acids is 1. The van der Waals surface area contributed by atoms with E-state index >= 15 is 0 Å². The molecule has 0 aliphatic heterocycles. The molecule has 0 saturated carbocycles. The maximum Gasteiger partial charge on any atom is 0.251 e. The molecule has 0 aliphatic rings. The van der Waals surface area contributed by atoms with Crippen LogP contribution in [0.5, 0.6) is 0 Å². The summed E-state index contributed by atoms with van der Waals surface area (Å²) in [4.78, 5) is 12.1. The molecule has 1 heterocycles. The highest BCUT2D eigenvalue weighted by Gasteiger charge is 2.09. The first-order valence-electron chi connectivity index (χ1n) is 7.18. The number of carbonyl (C=O) groups is 1. The summed E-state index contributed by atoms with van der Waals surface area (Å²) in [5.41, 5.74) is 3.44. The molecule has 0 aliphatic carbocycles. The van der Waals surface area contributed by atoms with Crippen molar-refractivity contribution < 1.29 is 9.32 Å². The van der Waals surface area contributed by atoms with Crippen molar-refractivity contribution in [2.45, 2.75) is 13.5 Å². The summed E-state index contributed by atoms with van der Waals surface area (Å²) in [5, 5.41) is 6.83. The van der Waals surface area contributed by atoms with Crippen LogP contribution in [0.2, 0.25) is 0 Å². The molecule has 0 saturated heterocycles. The van der Waals surface area contributed by atoms with Crippen LogP contribution in [0.3, 0.4) is 0 Å². The fraction of sp³-hybridized carbons (Fsp3) is 0.111. The zero-order chi connectivity index (χ0) is 16.2. The van der Waals surface area contributed by atoms with Gasteiger partial charge < -0.3 is 9.84 Å². The standard InChI is InChI=1S/C18H15BrN2O2/c1-12-5-7-13(8-6-12)17-10-16(21-23-17)11-20-18(22)14-3-2-4-15(19)9-14/h2-10H,11H2,1H3,(H,20,22). The Kier molecular flexibility index (Phi) is 4.57. The second-order valence-electron chi connectivity index (χ2n) is 5.24. The van der Waals surface area contributed by atoms with Crippen LogP contribution in [0, 0.1) is 6.92 Å². The van der Waals surface area contributed by atoms with Crippen LogP contribution >= 0.6 is 15.9 Å². The summed E-state index contributed by atoms with van der Waals surface area (Å²) in [6.45, 7) is 2.35. The Bertz CT molecular complexity index is 825. The van der Waals surface area contributed by atoms with Crippen molar-refractivity contribution >= 4 is 21.8 Å². The van der Waals surface area contributed by atoms with Gasteiger partial charge in [0.1, 0.15) is 5.69 Å². The van der Waals surface area contributed by atoms with Gasteiger partial charge in [-0.1, -0.05) is 57.0 Å². The van der Waals surface area contributed by atoms with Crippen LogP contribution in [-0.2, 0) is 6.54 Å². The van der Waals surface area contributed by atoms with Crippen molar-refractivity contribution in [2.75, 3.05) is 0 Å². The number of aromatic nitrogens is 1. The van der Waals surface area contributed by atoms with Crippen LogP contribution in [0.1, 0.15) is 21.6 Å². The molecule has 0 radical (unpaired) electrons. The summed E-state index contributed by atoms with van der Waals surface area (Å²) < 4.78 is 6.21. The van der Waals surface area contributed by atoms with Gasteiger partial charge in [0.25, 0.3) is 5.91 Å². The molecular formula is C18H15BrN2O2. The lowest BCUT2D eigenvalue weighted by Gasteiger charge is -2.03. The van der Waals surface area contributed by atoms with Gasteiger partial charge in [0.15, 0.2) is 5.76 Å². The van der Waals surface area contributed by atoms with Gasteiger partial charge >= 0.3 is 0 Å². The summed E-state index contributed by atoms with van der Waals surface area (Å²) in [5.74, 6) is 0.544. The van der Waals surface area contributed by atoms with Gasteiger partial charge in [-0.05, 0) is 25.1 Å². The van der Waals surface area contributed by atoms with Crippen LogP contribution in [-0.4, -0.2) is 11.1 Å². The van der Waals surface area contributed by atoms with Crippen molar-refractivity contribution in [2.24, 2.45) is 0 Å². The van der Waals surface area contributed by atoms with Crippen molar-refractivity contribution in [3.8, 4) is 11.3 Å². The fourth-order valence-electron chi connectivity index (χ4n) is 2.15. The molecular weight excluding hydrogens is 356 g/mol. The van der Waals surface area contributed by atoms with E-state index in [2.05, 4.69) is 26.4 Å². The van der Waals surface area contributed by atoms with E-state index in [1.165, 1.54) is 5.56 Å². The highest BCUT2D eigenvalue weighted by atomic mass is 79.9. The van der Waals surface area contributed by atoms with E-state index in [0.29, 0.717) is 23.6 Å². The van der Waals surface area contributed by atoms with Crippen molar-refractivity contribution in [3.63, 3.8) is 0 Å². The first kappa shape index (κ1) is 15.5. The Morgan fingerprint density at radius 3 is 2.70 bits per heavy atom. The topological polar surface area (TPSA) is 55.1 Å². The molecule has 23 heavy (non-hydrogen) atoms. The lowest BCUT2D eigenvalue weighted by atomic mass is 10.1. The minimum atomic E-state index is -0.147. The van der Waals surface area contributed by atoms with Crippen molar-refractivity contribution in [1.82, 2.24) is 10.5 Å². The Labute approximate surface area is 142 Å². The van der Waals surface area contributed by atoms with Crippen LogP contribution in [0.15, 0.2) is 63.6 Å². The molecule has 0 unspecified atom stereocenters. The predicted octanol–water partition coefficient (Wildman–Crippen LogP) is 4.34. The van der Waals surface area contributed by atoms with Gasteiger partial charge in [-0.25, -0.2) is 0 Å². The minimum absolute atomic E-state index is 0.147. The molecule has 2 aromatic carbocycles. The number of hydrogen-bond donors (Lipinski definition) is 1. The molecule has 5 heteroatoms. The second kappa shape index (κ2) is 6.79. The maximum absolute atomic E-state index is 12.1. The highest BCUT2D eigenvalue weighted by molar-refractivity contribution is 9.10. The van der Waals surface area contributed by atoms with Gasteiger partial charge in [0, 0.05) is 21.7 Å². The Balaban J connectivity index is 1.65. The molecule has 1 aromatic heterocycles. The summed E-state index contributed by atoms with van der Waals surface area (Å²) in [7, 11) is 0. The Morgan fingerprint density at radius 2 is 1.96 bits per heavy atom. The van der Waals surface area contributed by atoms with Crippen LogP contribution in [0.4, 0.5) is 0 Å². The molecule has 0 bridgehead atoms. The lowest BCUT2D eigenvalue weighted by Crippen LogP contribution is -2.22. The van der Waals surface area contributed by atoms with E-state index < -0.39 is 0 Å². The molecule has 0 atom stereocenters. The third-order valence-corrected chi connectivity index (χ3v) is 3.91. The third-order valence-electron chi connectivity index (χ3n) is 3.41. The normalized spacial score (nSPS) is 10.5. The quantitative estimate of drug-likeness (QED) is 0.742. The van der Waals surface area contributed by atoms with Gasteiger partial charge in [-0.2, -0.15) is 0 Å². The smallest absolute Gasteiger partial charge is 0.251 e. The number of aryl methyl sites for hydroxylation is 1. The molecule has 4 nitrogen and oxygen atoms in total. The average Bonchev–Trinajstić information content (AvgIpc) is 3.02. The third kappa shape index (κ3) is 3.87. The fourth-order valence-corrected chi connectivity index (χ4v) is 2.55. The number of nitrogens with zero attached hydrogens (tertiary/aromatic N) is 1. The number of halogens is 1. The van der Waals surface area contributed by atoms with Gasteiger partial charge in [-0.3, -0.25) is 4.79 Å². The van der Waals surface area contributed by atoms with E-state index in [0.717, 1.165) is 10.0 Å². The van der Waals surface area contributed by atoms with Gasteiger partial charge in [0.05, 0.1) is 6.54 Å². The van der Waals surface area contributed by atoms with E-state index in [4.69, 9.17) is 4.52 Å². The zero-order valence-electron chi connectivity index (χ0n) is 12.5. The number of benzene rings is 2. The Morgan fingerprint density at radius 1 is 1.17 bits per heavy atom. The molecule has 1 amide bonds. The highest BCUT2D eigenvalue weighted by Crippen LogP contribution is 2.20. The number of rotatable bonds is 4. The van der Waals surface area contributed by atoms with Crippen molar-refractivity contribution in [1.29, 1.82) is 0 Å². The SMILES string of the molecule is Cc1ccc(-c2cc(CNC(=O)c3cccc(Br)c3)no2)cc1. The molecule has 0 spiro atoms.